The minimum Gasteiger partial charge on any atom is -0.359 e. The summed E-state index contributed by atoms with van der Waals surface area (Å²) in [6.45, 7) is 3.56. The van der Waals surface area contributed by atoms with E-state index in [4.69, 9.17) is 10.3 Å². The normalized spacial score (nSPS) is 18.4. The summed E-state index contributed by atoms with van der Waals surface area (Å²) in [5.41, 5.74) is 6.62. The number of amides is 1. The molecule has 8 heteroatoms. The molecule has 1 unspecified atom stereocenters. The highest BCUT2D eigenvalue weighted by Crippen LogP contribution is 2.33. The Labute approximate surface area is 121 Å². The molecule has 1 amide bonds. The van der Waals surface area contributed by atoms with Crippen molar-refractivity contribution in [2.24, 2.45) is 5.73 Å². The van der Waals surface area contributed by atoms with Crippen LogP contribution in [0.2, 0.25) is 0 Å². The quantitative estimate of drug-likeness (QED) is 0.880. The number of likely N-dealkylation sites (tertiary alicyclic amines) is 1. The van der Waals surface area contributed by atoms with Gasteiger partial charge in [-0.1, -0.05) is 10.4 Å². The van der Waals surface area contributed by atoms with E-state index in [0.717, 1.165) is 24.3 Å². The van der Waals surface area contributed by atoms with Gasteiger partial charge in [-0.2, -0.15) is 0 Å². The summed E-state index contributed by atoms with van der Waals surface area (Å²) in [6.07, 6.45) is 3.45. The average molecular weight is 290 g/mol. The molecule has 2 aromatic heterocycles. The molecule has 1 fully saturated rings. The Kier molecular flexibility index (Phi) is 3.70. The first kappa shape index (κ1) is 13.7. The Bertz CT molecular complexity index is 634. The molecule has 2 N–H and O–H groups in total. The van der Waals surface area contributed by atoms with Crippen LogP contribution in [0.15, 0.2) is 16.8 Å². The zero-order valence-corrected chi connectivity index (χ0v) is 11.9. The Morgan fingerprint density at radius 3 is 3.14 bits per heavy atom. The third kappa shape index (κ3) is 2.66. The highest BCUT2D eigenvalue weighted by atomic mass is 16.5. The van der Waals surface area contributed by atoms with Crippen molar-refractivity contribution in [2.45, 2.75) is 32.4 Å². The molecule has 1 atom stereocenters. The number of aryl methyl sites for hydroxylation is 1. The summed E-state index contributed by atoms with van der Waals surface area (Å²) in [5.74, 6) is 0.600. The van der Waals surface area contributed by atoms with E-state index in [1.54, 1.807) is 15.8 Å². The molecule has 1 aliphatic rings. The van der Waals surface area contributed by atoms with Crippen molar-refractivity contribution in [3.05, 3.63) is 29.4 Å². The maximum atomic E-state index is 12.6. The van der Waals surface area contributed by atoms with Crippen molar-refractivity contribution in [1.82, 2.24) is 25.1 Å². The van der Waals surface area contributed by atoms with Crippen LogP contribution in [0.4, 0.5) is 0 Å². The molecule has 0 saturated carbocycles. The molecule has 3 heterocycles. The smallest absolute Gasteiger partial charge is 0.276 e. The molecule has 0 spiro atoms. The molecule has 2 aromatic rings. The van der Waals surface area contributed by atoms with Gasteiger partial charge in [0.1, 0.15) is 0 Å². The molecule has 112 valence electrons. The van der Waals surface area contributed by atoms with E-state index in [2.05, 4.69) is 15.5 Å². The van der Waals surface area contributed by atoms with Gasteiger partial charge in [0.15, 0.2) is 11.5 Å². The van der Waals surface area contributed by atoms with Crippen LogP contribution in [-0.2, 0) is 6.54 Å². The number of nitrogens with zero attached hydrogens (tertiary/aromatic N) is 5. The van der Waals surface area contributed by atoms with Gasteiger partial charge < -0.3 is 15.2 Å². The lowest BCUT2D eigenvalue weighted by Crippen LogP contribution is -2.30. The minimum absolute atomic E-state index is 0.0710. The summed E-state index contributed by atoms with van der Waals surface area (Å²) >= 11 is 0. The van der Waals surface area contributed by atoms with Crippen molar-refractivity contribution in [3.63, 3.8) is 0 Å². The molecule has 8 nitrogen and oxygen atoms in total. The van der Waals surface area contributed by atoms with E-state index in [-0.39, 0.29) is 11.9 Å². The van der Waals surface area contributed by atoms with Gasteiger partial charge in [0.2, 0.25) is 0 Å². The summed E-state index contributed by atoms with van der Waals surface area (Å²) in [5, 5.41) is 11.7. The van der Waals surface area contributed by atoms with Crippen LogP contribution < -0.4 is 5.73 Å². The van der Waals surface area contributed by atoms with E-state index >= 15 is 0 Å². The molecule has 0 radical (unpaired) electrons. The van der Waals surface area contributed by atoms with Crippen LogP contribution in [0, 0.1) is 6.92 Å². The monoisotopic (exact) mass is 290 g/mol. The van der Waals surface area contributed by atoms with Gasteiger partial charge in [0.05, 0.1) is 24.5 Å². The van der Waals surface area contributed by atoms with E-state index in [1.165, 1.54) is 0 Å². The summed E-state index contributed by atoms with van der Waals surface area (Å²) in [4.78, 5) is 14.3. The third-order valence-electron chi connectivity index (χ3n) is 3.60. The first-order valence-electron chi connectivity index (χ1n) is 7.03. The van der Waals surface area contributed by atoms with E-state index in [1.807, 2.05) is 13.0 Å². The SMILES string of the molecule is Cc1cc(C2CCCN2C(=O)c2cn(CCN)nn2)on1. The molecule has 0 aromatic carbocycles. The van der Waals surface area contributed by atoms with E-state index < -0.39 is 0 Å². The van der Waals surface area contributed by atoms with Crippen LogP contribution in [0.1, 0.15) is 40.8 Å². The van der Waals surface area contributed by atoms with Gasteiger partial charge in [0, 0.05) is 19.2 Å². The Balaban J connectivity index is 1.79. The molecule has 1 aliphatic heterocycles. The van der Waals surface area contributed by atoms with Gasteiger partial charge >= 0.3 is 0 Å². The van der Waals surface area contributed by atoms with Gasteiger partial charge in [-0.3, -0.25) is 9.48 Å². The molecule has 3 rings (SSSR count). The van der Waals surface area contributed by atoms with Crippen molar-refractivity contribution in [3.8, 4) is 0 Å². The molecular weight excluding hydrogens is 272 g/mol. The molecule has 21 heavy (non-hydrogen) atoms. The second kappa shape index (κ2) is 5.65. The van der Waals surface area contributed by atoms with E-state index in [9.17, 15) is 4.79 Å². The maximum Gasteiger partial charge on any atom is 0.276 e. The first-order valence-corrected chi connectivity index (χ1v) is 7.03. The lowest BCUT2D eigenvalue weighted by atomic mass is 10.1. The highest BCUT2D eigenvalue weighted by Gasteiger charge is 2.34. The minimum atomic E-state index is -0.130. The number of rotatable bonds is 4. The molecule has 0 bridgehead atoms. The number of carbonyl (C=O) groups is 1. The van der Waals surface area contributed by atoms with E-state index in [0.29, 0.717) is 25.3 Å². The van der Waals surface area contributed by atoms with Crippen molar-refractivity contribution < 1.29 is 9.32 Å². The second-order valence-corrected chi connectivity index (χ2v) is 5.18. The number of hydrogen-bond donors (Lipinski definition) is 1. The highest BCUT2D eigenvalue weighted by molar-refractivity contribution is 5.92. The summed E-state index contributed by atoms with van der Waals surface area (Å²) in [6, 6.07) is 1.81. The van der Waals surface area contributed by atoms with Gasteiger partial charge in [-0.05, 0) is 19.8 Å². The van der Waals surface area contributed by atoms with Gasteiger partial charge in [-0.25, -0.2) is 0 Å². The summed E-state index contributed by atoms with van der Waals surface area (Å²) in [7, 11) is 0. The number of carbonyl (C=O) groups excluding carboxylic acids is 1. The average Bonchev–Trinajstić information content (AvgIpc) is 3.17. The summed E-state index contributed by atoms with van der Waals surface area (Å²) < 4.78 is 6.89. The standard InChI is InChI=1S/C13H18N6O2/c1-9-7-12(21-16-9)11-3-2-5-19(11)13(20)10-8-18(6-4-14)17-15-10/h7-8,11H,2-6,14H2,1H3. The number of aromatic nitrogens is 4. The first-order chi connectivity index (χ1) is 10.2. The molecule has 0 aliphatic carbocycles. The fourth-order valence-corrected chi connectivity index (χ4v) is 2.63. The van der Waals surface area contributed by atoms with Crippen LogP contribution in [0.5, 0.6) is 0 Å². The predicted octanol–water partition coefficient (Wildman–Crippen LogP) is 0.511. The lowest BCUT2D eigenvalue weighted by Gasteiger charge is -2.21. The van der Waals surface area contributed by atoms with Crippen molar-refractivity contribution >= 4 is 5.91 Å². The Morgan fingerprint density at radius 1 is 1.57 bits per heavy atom. The molecular formula is C13H18N6O2. The van der Waals surface area contributed by atoms with Crippen LogP contribution in [0.25, 0.3) is 0 Å². The van der Waals surface area contributed by atoms with Gasteiger partial charge in [0.25, 0.3) is 5.91 Å². The fourth-order valence-electron chi connectivity index (χ4n) is 2.63. The Morgan fingerprint density at radius 2 is 2.43 bits per heavy atom. The zero-order chi connectivity index (χ0) is 14.8. The van der Waals surface area contributed by atoms with Gasteiger partial charge in [-0.15, -0.1) is 5.10 Å². The van der Waals surface area contributed by atoms with Crippen molar-refractivity contribution in [2.75, 3.05) is 13.1 Å². The van der Waals surface area contributed by atoms with Crippen molar-refractivity contribution in [1.29, 1.82) is 0 Å². The second-order valence-electron chi connectivity index (χ2n) is 5.18. The lowest BCUT2D eigenvalue weighted by molar-refractivity contribution is 0.0708. The molecule has 1 saturated heterocycles. The topological polar surface area (TPSA) is 103 Å². The maximum absolute atomic E-state index is 12.6. The van der Waals surface area contributed by atoms with Crippen LogP contribution in [0.3, 0.4) is 0 Å². The predicted molar refractivity (Wildman–Crippen MR) is 73.3 cm³/mol. The van der Waals surface area contributed by atoms with Crippen LogP contribution in [-0.4, -0.2) is 44.0 Å². The Hall–Kier alpha value is -2.22. The number of hydrogen-bond acceptors (Lipinski definition) is 6. The third-order valence-corrected chi connectivity index (χ3v) is 3.60. The van der Waals surface area contributed by atoms with Crippen LogP contribution >= 0.6 is 0 Å². The largest absolute Gasteiger partial charge is 0.359 e. The fraction of sp³-hybridized carbons (Fsp3) is 0.538. The number of nitrogens with two attached hydrogens (primary N) is 1. The zero-order valence-electron chi connectivity index (χ0n) is 11.9.